The predicted octanol–water partition coefficient (Wildman–Crippen LogP) is 5.52. The third-order valence-electron chi connectivity index (χ3n) is 4.22. The summed E-state index contributed by atoms with van der Waals surface area (Å²) in [6.07, 6.45) is 2.05. The van der Waals surface area contributed by atoms with Crippen LogP contribution in [0.3, 0.4) is 0 Å². The molecule has 7 nitrogen and oxygen atoms in total. The first-order valence-electron chi connectivity index (χ1n) is 10.2. The number of nitrogen functional groups attached to an aromatic ring is 1. The van der Waals surface area contributed by atoms with Gasteiger partial charge in [-0.1, -0.05) is 20.8 Å². The van der Waals surface area contributed by atoms with Crippen LogP contribution in [-0.4, -0.2) is 26.9 Å². The molecule has 0 bridgehead atoms. The van der Waals surface area contributed by atoms with Crippen LogP contribution in [0.5, 0.6) is 0 Å². The van der Waals surface area contributed by atoms with Crippen molar-refractivity contribution in [2.45, 2.75) is 60.5 Å². The molecule has 0 aliphatic heterocycles. The van der Waals surface area contributed by atoms with Gasteiger partial charge in [-0.05, 0) is 75.1 Å². The van der Waals surface area contributed by atoms with Crippen LogP contribution in [0.1, 0.15) is 52.7 Å². The van der Waals surface area contributed by atoms with E-state index in [1.54, 1.807) is 6.20 Å². The standard InChI is InChI=1S/C21H25N5O2.C2H6/c1-6-13-8-14(9-15-10-17(22)25-26-19(13)15)16-11-23-18(7-12(16)2)24-20(27)28-21(3,4)5;1-2/h7-11H,6H2,1-5H3,(H2,22,25)(H,23,24,27);1-2H3. The molecule has 0 unspecified atom stereocenters. The highest BCUT2D eigenvalue weighted by atomic mass is 16.6. The smallest absolute Gasteiger partial charge is 0.413 e. The van der Waals surface area contributed by atoms with Gasteiger partial charge in [-0.3, -0.25) is 5.32 Å². The van der Waals surface area contributed by atoms with E-state index < -0.39 is 11.7 Å². The number of pyridine rings is 1. The van der Waals surface area contributed by atoms with Crippen LogP contribution in [0.25, 0.3) is 22.0 Å². The van der Waals surface area contributed by atoms with Crippen LogP contribution in [-0.2, 0) is 11.2 Å². The van der Waals surface area contributed by atoms with Crippen molar-refractivity contribution in [3.05, 3.63) is 41.6 Å². The van der Waals surface area contributed by atoms with E-state index in [4.69, 9.17) is 10.5 Å². The van der Waals surface area contributed by atoms with E-state index in [2.05, 4.69) is 33.5 Å². The highest BCUT2D eigenvalue weighted by molar-refractivity contribution is 5.89. The minimum Gasteiger partial charge on any atom is -0.444 e. The maximum atomic E-state index is 12.0. The van der Waals surface area contributed by atoms with Crippen LogP contribution in [0.15, 0.2) is 30.5 Å². The molecule has 0 aliphatic rings. The van der Waals surface area contributed by atoms with Crippen molar-refractivity contribution in [3.8, 4) is 11.1 Å². The van der Waals surface area contributed by atoms with Gasteiger partial charge >= 0.3 is 6.09 Å². The van der Waals surface area contributed by atoms with Gasteiger partial charge in [-0.15, -0.1) is 10.2 Å². The Labute approximate surface area is 178 Å². The molecule has 3 rings (SSSR count). The SMILES string of the molecule is CC.CCc1cc(-c2cnc(NC(=O)OC(C)(C)C)cc2C)cc2cc(N)nnc12. The zero-order chi connectivity index (χ0) is 22.5. The second-order valence-electron chi connectivity index (χ2n) is 7.71. The zero-order valence-electron chi connectivity index (χ0n) is 18.8. The number of fused-ring (bicyclic) bond motifs is 1. The van der Waals surface area contributed by atoms with Gasteiger partial charge in [0.1, 0.15) is 17.2 Å². The summed E-state index contributed by atoms with van der Waals surface area (Å²) in [7, 11) is 0. The van der Waals surface area contributed by atoms with Crippen molar-refractivity contribution < 1.29 is 9.53 Å². The summed E-state index contributed by atoms with van der Waals surface area (Å²) >= 11 is 0. The Morgan fingerprint density at radius 2 is 1.83 bits per heavy atom. The number of amides is 1. The van der Waals surface area contributed by atoms with E-state index in [0.29, 0.717) is 11.6 Å². The number of benzene rings is 1. The number of aryl methyl sites for hydroxylation is 2. The Balaban J connectivity index is 0.00000155. The molecule has 3 aromatic rings. The van der Waals surface area contributed by atoms with Gasteiger partial charge in [0.15, 0.2) is 0 Å². The highest BCUT2D eigenvalue weighted by Crippen LogP contribution is 2.30. The number of ether oxygens (including phenoxy) is 1. The molecule has 0 fully saturated rings. The molecule has 160 valence electrons. The highest BCUT2D eigenvalue weighted by Gasteiger charge is 2.17. The number of nitrogens with two attached hydrogens (primary N) is 1. The van der Waals surface area contributed by atoms with Gasteiger partial charge in [0, 0.05) is 17.1 Å². The number of carbonyl (C=O) groups excluding carboxylic acids is 1. The molecule has 0 saturated heterocycles. The fraction of sp³-hybridized carbons (Fsp3) is 0.391. The average Bonchev–Trinajstić information content (AvgIpc) is 2.67. The Morgan fingerprint density at radius 3 is 2.43 bits per heavy atom. The first kappa shape index (κ1) is 23.1. The van der Waals surface area contributed by atoms with Crippen LogP contribution >= 0.6 is 0 Å². The summed E-state index contributed by atoms with van der Waals surface area (Å²) in [5.41, 5.74) is 10.2. The van der Waals surface area contributed by atoms with Gasteiger partial charge in [-0.25, -0.2) is 9.78 Å². The molecule has 0 radical (unpaired) electrons. The fourth-order valence-electron chi connectivity index (χ4n) is 3.01. The minimum absolute atomic E-state index is 0.387. The van der Waals surface area contributed by atoms with Crippen LogP contribution in [0.2, 0.25) is 0 Å². The number of carbonyl (C=O) groups is 1. The van der Waals surface area contributed by atoms with Gasteiger partial charge in [0.05, 0.1) is 5.52 Å². The van der Waals surface area contributed by atoms with E-state index in [1.165, 1.54) is 0 Å². The molecule has 3 N–H and O–H groups in total. The normalized spacial score (nSPS) is 10.9. The molecule has 0 aliphatic carbocycles. The average molecular weight is 410 g/mol. The van der Waals surface area contributed by atoms with Crippen molar-refractivity contribution in [2.75, 3.05) is 11.1 Å². The number of hydrogen-bond donors (Lipinski definition) is 2. The molecular formula is C23H31N5O2. The Bertz CT molecular complexity index is 1040. The van der Waals surface area contributed by atoms with Crippen molar-refractivity contribution in [1.82, 2.24) is 15.2 Å². The van der Waals surface area contributed by atoms with Crippen molar-refractivity contribution >= 4 is 28.6 Å². The molecule has 30 heavy (non-hydrogen) atoms. The zero-order valence-corrected chi connectivity index (χ0v) is 18.8. The summed E-state index contributed by atoms with van der Waals surface area (Å²) in [6, 6.07) is 7.78. The van der Waals surface area contributed by atoms with Crippen molar-refractivity contribution in [1.29, 1.82) is 0 Å². The van der Waals surface area contributed by atoms with Crippen molar-refractivity contribution in [2.24, 2.45) is 0 Å². The molecule has 2 aromatic heterocycles. The second kappa shape index (κ2) is 9.52. The largest absolute Gasteiger partial charge is 0.444 e. The van der Waals surface area contributed by atoms with Gasteiger partial charge in [0.25, 0.3) is 0 Å². The number of aromatic nitrogens is 3. The van der Waals surface area contributed by atoms with E-state index in [1.807, 2.05) is 59.7 Å². The Hall–Kier alpha value is -3.22. The molecule has 1 aromatic carbocycles. The molecule has 0 spiro atoms. The first-order chi connectivity index (χ1) is 14.2. The van der Waals surface area contributed by atoms with E-state index in [9.17, 15) is 4.79 Å². The number of anilines is 2. The number of nitrogens with zero attached hydrogens (tertiary/aromatic N) is 3. The van der Waals surface area contributed by atoms with Gasteiger partial charge in [0.2, 0.25) is 0 Å². The van der Waals surface area contributed by atoms with Crippen LogP contribution < -0.4 is 11.1 Å². The summed E-state index contributed by atoms with van der Waals surface area (Å²) < 4.78 is 5.27. The minimum atomic E-state index is -0.564. The topological polar surface area (TPSA) is 103 Å². The quantitative estimate of drug-likeness (QED) is 0.590. The summed E-state index contributed by atoms with van der Waals surface area (Å²) in [5, 5.41) is 11.8. The van der Waals surface area contributed by atoms with Crippen LogP contribution in [0.4, 0.5) is 16.4 Å². The Morgan fingerprint density at radius 1 is 1.13 bits per heavy atom. The van der Waals surface area contributed by atoms with Gasteiger partial charge in [-0.2, -0.15) is 0 Å². The summed E-state index contributed by atoms with van der Waals surface area (Å²) in [5.74, 6) is 0.834. The summed E-state index contributed by atoms with van der Waals surface area (Å²) in [6.45, 7) is 13.5. The van der Waals surface area contributed by atoms with Crippen molar-refractivity contribution in [3.63, 3.8) is 0 Å². The molecular weight excluding hydrogens is 378 g/mol. The predicted molar refractivity (Wildman–Crippen MR) is 123 cm³/mol. The third-order valence-corrected chi connectivity index (χ3v) is 4.22. The van der Waals surface area contributed by atoms with E-state index >= 15 is 0 Å². The molecule has 7 heteroatoms. The lowest BCUT2D eigenvalue weighted by atomic mass is 9.97. The molecule has 0 atom stereocenters. The lowest BCUT2D eigenvalue weighted by molar-refractivity contribution is 0.0635. The van der Waals surface area contributed by atoms with E-state index in [-0.39, 0.29) is 0 Å². The lowest BCUT2D eigenvalue weighted by Crippen LogP contribution is -2.27. The maximum absolute atomic E-state index is 12.0. The molecule has 0 saturated carbocycles. The maximum Gasteiger partial charge on any atom is 0.413 e. The fourth-order valence-corrected chi connectivity index (χ4v) is 3.01. The second-order valence-corrected chi connectivity index (χ2v) is 7.71. The monoisotopic (exact) mass is 409 g/mol. The lowest BCUT2D eigenvalue weighted by Gasteiger charge is -2.19. The molecule has 2 heterocycles. The Kier molecular flexibility index (Phi) is 7.32. The third kappa shape index (κ3) is 5.65. The first-order valence-corrected chi connectivity index (χ1v) is 10.2. The van der Waals surface area contributed by atoms with Crippen LogP contribution in [0, 0.1) is 6.92 Å². The summed E-state index contributed by atoms with van der Waals surface area (Å²) in [4.78, 5) is 16.3. The molecule has 1 amide bonds. The van der Waals surface area contributed by atoms with Gasteiger partial charge < -0.3 is 10.5 Å². The number of rotatable bonds is 3. The number of hydrogen-bond acceptors (Lipinski definition) is 6. The van der Waals surface area contributed by atoms with E-state index in [0.717, 1.165) is 39.6 Å². The number of nitrogens with one attached hydrogen (secondary N) is 1.